The monoisotopic (exact) mass is 259 g/mol. The smallest absolute Gasteiger partial charge is 0.124 e. The molecule has 2 N–H and O–H groups in total. The number of ether oxygens (including phenoxy) is 1. The molecule has 2 aromatic rings. The average molecular weight is 259 g/mol. The van der Waals surface area contributed by atoms with Crippen LogP contribution in [0.5, 0.6) is 5.75 Å². The van der Waals surface area contributed by atoms with Gasteiger partial charge in [0.2, 0.25) is 0 Å². The molecule has 0 saturated carbocycles. The highest BCUT2D eigenvalue weighted by Gasteiger charge is 2.09. The van der Waals surface area contributed by atoms with E-state index in [0.29, 0.717) is 6.61 Å². The van der Waals surface area contributed by atoms with Crippen molar-refractivity contribution in [3.05, 3.63) is 47.8 Å². The summed E-state index contributed by atoms with van der Waals surface area (Å²) in [5.41, 5.74) is 8.33. The van der Waals surface area contributed by atoms with Gasteiger partial charge >= 0.3 is 0 Å². The first-order valence-corrected chi connectivity index (χ1v) is 6.66. The van der Waals surface area contributed by atoms with Crippen molar-refractivity contribution in [2.45, 2.75) is 25.8 Å². The fourth-order valence-corrected chi connectivity index (χ4v) is 2.05. The Morgan fingerprint density at radius 3 is 2.79 bits per heavy atom. The van der Waals surface area contributed by atoms with Crippen molar-refractivity contribution in [3.8, 4) is 5.75 Å². The summed E-state index contributed by atoms with van der Waals surface area (Å²) in [5.74, 6) is 0.888. The number of para-hydroxylation sites is 1. The average Bonchev–Trinajstić information content (AvgIpc) is 2.84. The maximum atomic E-state index is 6.09. The van der Waals surface area contributed by atoms with Crippen molar-refractivity contribution in [1.82, 2.24) is 9.78 Å². The van der Waals surface area contributed by atoms with Crippen LogP contribution in [0.3, 0.4) is 0 Å². The first kappa shape index (κ1) is 13.6. The summed E-state index contributed by atoms with van der Waals surface area (Å²) in [5, 5.41) is 4.14. The van der Waals surface area contributed by atoms with Crippen molar-refractivity contribution in [1.29, 1.82) is 0 Å². The lowest BCUT2D eigenvalue weighted by Gasteiger charge is -2.15. The maximum Gasteiger partial charge on any atom is 0.124 e. The van der Waals surface area contributed by atoms with E-state index in [-0.39, 0.29) is 6.04 Å². The molecule has 19 heavy (non-hydrogen) atoms. The van der Waals surface area contributed by atoms with E-state index in [4.69, 9.17) is 10.5 Å². The Bertz CT molecular complexity index is 522. The molecule has 1 atom stereocenters. The first-order chi connectivity index (χ1) is 9.22. The minimum atomic E-state index is 0.0351. The highest BCUT2D eigenvalue weighted by molar-refractivity contribution is 5.35. The second kappa shape index (κ2) is 6.38. The molecule has 102 valence electrons. The normalized spacial score (nSPS) is 12.4. The van der Waals surface area contributed by atoms with Gasteiger partial charge in [-0.05, 0) is 18.6 Å². The van der Waals surface area contributed by atoms with Crippen molar-refractivity contribution in [2.24, 2.45) is 12.8 Å². The molecule has 0 amide bonds. The van der Waals surface area contributed by atoms with Crippen molar-refractivity contribution in [2.75, 3.05) is 6.61 Å². The SMILES string of the molecule is CCC(N)c1ccccc1OCCc1ccnn1C. The molecular weight excluding hydrogens is 238 g/mol. The van der Waals surface area contributed by atoms with Crippen LogP contribution in [0.2, 0.25) is 0 Å². The minimum Gasteiger partial charge on any atom is -0.493 e. The molecule has 1 aromatic heterocycles. The van der Waals surface area contributed by atoms with Crippen LogP contribution < -0.4 is 10.5 Å². The molecular formula is C15H21N3O. The van der Waals surface area contributed by atoms with Crippen LogP contribution in [0.25, 0.3) is 0 Å². The van der Waals surface area contributed by atoms with E-state index in [2.05, 4.69) is 12.0 Å². The van der Waals surface area contributed by atoms with Gasteiger partial charge in [-0.3, -0.25) is 4.68 Å². The standard InChI is InChI=1S/C15H21N3O/c1-3-14(16)13-6-4-5-7-15(13)19-11-9-12-8-10-17-18(12)2/h4-8,10,14H,3,9,11,16H2,1-2H3. The van der Waals surface area contributed by atoms with E-state index < -0.39 is 0 Å². The van der Waals surface area contributed by atoms with Crippen molar-refractivity contribution < 1.29 is 4.74 Å². The number of rotatable bonds is 6. The molecule has 2 rings (SSSR count). The van der Waals surface area contributed by atoms with Gasteiger partial charge in [-0.15, -0.1) is 0 Å². The summed E-state index contributed by atoms with van der Waals surface area (Å²) in [6, 6.07) is 10.0. The third-order valence-electron chi connectivity index (χ3n) is 3.30. The zero-order valence-corrected chi connectivity index (χ0v) is 11.5. The van der Waals surface area contributed by atoms with Gasteiger partial charge in [0.15, 0.2) is 0 Å². The van der Waals surface area contributed by atoms with Crippen LogP contribution in [-0.4, -0.2) is 16.4 Å². The Kier molecular flexibility index (Phi) is 4.58. The molecule has 1 aromatic carbocycles. The molecule has 0 spiro atoms. The van der Waals surface area contributed by atoms with Crippen LogP contribution in [0, 0.1) is 0 Å². The zero-order chi connectivity index (χ0) is 13.7. The lowest BCUT2D eigenvalue weighted by Crippen LogP contribution is -2.12. The van der Waals surface area contributed by atoms with Gasteiger partial charge in [0.05, 0.1) is 6.61 Å². The van der Waals surface area contributed by atoms with Gasteiger partial charge in [0.25, 0.3) is 0 Å². The largest absolute Gasteiger partial charge is 0.493 e. The Morgan fingerprint density at radius 1 is 1.32 bits per heavy atom. The van der Waals surface area contributed by atoms with Crippen LogP contribution in [0.4, 0.5) is 0 Å². The Balaban J connectivity index is 1.98. The number of aromatic nitrogens is 2. The van der Waals surface area contributed by atoms with E-state index >= 15 is 0 Å². The zero-order valence-electron chi connectivity index (χ0n) is 11.5. The van der Waals surface area contributed by atoms with Gasteiger partial charge in [0, 0.05) is 37.0 Å². The quantitative estimate of drug-likeness (QED) is 0.867. The van der Waals surface area contributed by atoms with Crippen LogP contribution in [0.1, 0.15) is 30.6 Å². The van der Waals surface area contributed by atoms with E-state index in [1.165, 1.54) is 0 Å². The fraction of sp³-hybridized carbons (Fsp3) is 0.400. The first-order valence-electron chi connectivity index (χ1n) is 6.66. The Hall–Kier alpha value is -1.81. The summed E-state index contributed by atoms with van der Waals surface area (Å²) in [7, 11) is 1.94. The van der Waals surface area contributed by atoms with E-state index in [1.807, 2.05) is 42.1 Å². The lowest BCUT2D eigenvalue weighted by molar-refractivity contribution is 0.313. The van der Waals surface area contributed by atoms with Gasteiger partial charge in [-0.25, -0.2) is 0 Å². The van der Waals surface area contributed by atoms with Gasteiger partial charge in [-0.1, -0.05) is 25.1 Å². The number of nitrogens with zero attached hydrogens (tertiary/aromatic N) is 2. The summed E-state index contributed by atoms with van der Waals surface area (Å²) in [4.78, 5) is 0. The molecule has 4 heteroatoms. The van der Waals surface area contributed by atoms with Gasteiger partial charge in [-0.2, -0.15) is 5.10 Å². The summed E-state index contributed by atoms with van der Waals surface area (Å²) in [6.45, 7) is 2.71. The second-order valence-electron chi connectivity index (χ2n) is 4.60. The molecule has 0 fully saturated rings. The molecule has 0 saturated heterocycles. The van der Waals surface area contributed by atoms with Crippen molar-refractivity contribution in [3.63, 3.8) is 0 Å². The predicted octanol–water partition coefficient (Wildman–Crippen LogP) is 2.45. The van der Waals surface area contributed by atoms with Crippen LogP contribution in [0.15, 0.2) is 36.5 Å². The second-order valence-corrected chi connectivity index (χ2v) is 4.60. The number of hydrogen-bond acceptors (Lipinski definition) is 3. The summed E-state index contributed by atoms with van der Waals surface area (Å²) < 4.78 is 7.74. The Labute approximate surface area is 114 Å². The molecule has 0 radical (unpaired) electrons. The van der Waals surface area contributed by atoms with Crippen LogP contribution >= 0.6 is 0 Å². The molecule has 0 aliphatic carbocycles. The molecule has 0 bridgehead atoms. The number of nitrogens with two attached hydrogens (primary N) is 1. The third-order valence-corrected chi connectivity index (χ3v) is 3.30. The summed E-state index contributed by atoms with van der Waals surface area (Å²) in [6.07, 6.45) is 3.55. The van der Waals surface area contributed by atoms with Gasteiger partial charge < -0.3 is 10.5 Å². The van der Waals surface area contributed by atoms with Gasteiger partial charge in [0.1, 0.15) is 5.75 Å². The topological polar surface area (TPSA) is 53.1 Å². The Morgan fingerprint density at radius 2 is 2.11 bits per heavy atom. The van der Waals surface area contributed by atoms with E-state index in [9.17, 15) is 0 Å². The van der Waals surface area contributed by atoms with E-state index in [1.54, 1.807) is 6.20 Å². The molecule has 1 unspecified atom stereocenters. The van der Waals surface area contributed by atoms with Crippen molar-refractivity contribution >= 4 is 0 Å². The summed E-state index contributed by atoms with van der Waals surface area (Å²) >= 11 is 0. The lowest BCUT2D eigenvalue weighted by atomic mass is 10.0. The maximum absolute atomic E-state index is 6.09. The van der Waals surface area contributed by atoms with Crippen LogP contribution in [-0.2, 0) is 13.5 Å². The highest BCUT2D eigenvalue weighted by Crippen LogP contribution is 2.25. The number of hydrogen-bond donors (Lipinski definition) is 1. The molecule has 0 aliphatic rings. The molecule has 0 aliphatic heterocycles. The third kappa shape index (κ3) is 3.35. The predicted molar refractivity (Wildman–Crippen MR) is 76.1 cm³/mol. The fourth-order valence-electron chi connectivity index (χ4n) is 2.05. The number of aryl methyl sites for hydroxylation is 1. The number of benzene rings is 1. The van der Waals surface area contributed by atoms with E-state index in [0.717, 1.165) is 29.8 Å². The molecule has 4 nitrogen and oxygen atoms in total. The molecule has 1 heterocycles. The highest BCUT2D eigenvalue weighted by atomic mass is 16.5. The minimum absolute atomic E-state index is 0.0351.